The van der Waals surface area contributed by atoms with Crippen molar-refractivity contribution in [3.63, 3.8) is 0 Å². The lowest BCUT2D eigenvalue weighted by atomic mass is 10.1. The molecule has 1 aliphatic rings. The van der Waals surface area contributed by atoms with Gasteiger partial charge < -0.3 is 10.4 Å². The highest BCUT2D eigenvalue weighted by Gasteiger charge is 2.22. The van der Waals surface area contributed by atoms with E-state index >= 15 is 0 Å². The Balaban J connectivity index is 2.33. The van der Waals surface area contributed by atoms with Crippen LogP contribution in [-0.2, 0) is 6.61 Å². The minimum Gasteiger partial charge on any atom is -0.392 e. The van der Waals surface area contributed by atoms with Crippen LogP contribution in [0.25, 0.3) is 0 Å². The van der Waals surface area contributed by atoms with E-state index < -0.39 is 0 Å². The highest BCUT2D eigenvalue weighted by atomic mass is 16.3. The Morgan fingerprint density at radius 3 is 2.79 bits per heavy atom. The van der Waals surface area contributed by atoms with Crippen LogP contribution in [0.15, 0.2) is 6.07 Å². The molecule has 1 aromatic rings. The summed E-state index contributed by atoms with van der Waals surface area (Å²) in [5, 5.41) is 12.6. The van der Waals surface area contributed by atoms with Gasteiger partial charge in [-0.1, -0.05) is 0 Å². The van der Waals surface area contributed by atoms with E-state index in [1.807, 2.05) is 19.9 Å². The standard InChI is InChI=1S/C11H16N2O/c1-7-5-8(2)12-11(10(7)6-14)13-9-3-4-9/h5,9,14H,3-4,6H2,1-2H3,(H,12,13). The largest absolute Gasteiger partial charge is 0.392 e. The minimum atomic E-state index is 0.0637. The molecule has 0 atom stereocenters. The van der Waals surface area contributed by atoms with Crippen LogP contribution in [0.5, 0.6) is 0 Å². The number of hydrogen-bond acceptors (Lipinski definition) is 3. The first-order valence-corrected chi connectivity index (χ1v) is 5.05. The first kappa shape index (κ1) is 9.46. The molecule has 1 fully saturated rings. The van der Waals surface area contributed by atoms with E-state index in [1.54, 1.807) is 0 Å². The number of nitrogens with one attached hydrogen (secondary N) is 1. The Kier molecular flexibility index (Phi) is 2.42. The fourth-order valence-electron chi connectivity index (χ4n) is 1.60. The van der Waals surface area contributed by atoms with Crippen LogP contribution in [0, 0.1) is 13.8 Å². The molecule has 0 spiro atoms. The van der Waals surface area contributed by atoms with E-state index in [0.29, 0.717) is 6.04 Å². The molecule has 0 aliphatic heterocycles. The molecule has 1 heterocycles. The number of nitrogens with zero attached hydrogens (tertiary/aromatic N) is 1. The van der Waals surface area contributed by atoms with Crippen molar-refractivity contribution in [2.24, 2.45) is 0 Å². The SMILES string of the molecule is Cc1cc(C)c(CO)c(NC2CC2)n1. The van der Waals surface area contributed by atoms with Gasteiger partial charge in [0, 0.05) is 17.3 Å². The van der Waals surface area contributed by atoms with Gasteiger partial charge in [-0.3, -0.25) is 0 Å². The molecule has 0 aromatic carbocycles. The molecule has 2 rings (SSSR count). The van der Waals surface area contributed by atoms with Crippen molar-refractivity contribution in [2.75, 3.05) is 5.32 Å². The summed E-state index contributed by atoms with van der Waals surface area (Å²) in [4.78, 5) is 4.41. The van der Waals surface area contributed by atoms with Gasteiger partial charge in [0.15, 0.2) is 0 Å². The molecule has 0 radical (unpaired) electrons. The molecule has 0 bridgehead atoms. The molecule has 0 saturated heterocycles. The number of aliphatic hydroxyl groups excluding tert-OH is 1. The highest BCUT2D eigenvalue weighted by molar-refractivity contribution is 5.50. The summed E-state index contributed by atoms with van der Waals surface area (Å²) >= 11 is 0. The van der Waals surface area contributed by atoms with E-state index in [1.165, 1.54) is 12.8 Å². The summed E-state index contributed by atoms with van der Waals surface area (Å²) in [6.45, 7) is 4.05. The van der Waals surface area contributed by atoms with Gasteiger partial charge in [-0.15, -0.1) is 0 Å². The minimum absolute atomic E-state index is 0.0637. The Morgan fingerprint density at radius 2 is 2.21 bits per heavy atom. The summed E-state index contributed by atoms with van der Waals surface area (Å²) in [5.41, 5.74) is 3.05. The average molecular weight is 192 g/mol. The van der Waals surface area contributed by atoms with Crippen molar-refractivity contribution in [3.8, 4) is 0 Å². The van der Waals surface area contributed by atoms with E-state index in [2.05, 4.69) is 10.3 Å². The molecular weight excluding hydrogens is 176 g/mol. The van der Waals surface area contributed by atoms with Gasteiger partial charge >= 0.3 is 0 Å². The number of pyridine rings is 1. The second kappa shape index (κ2) is 3.58. The number of aryl methyl sites for hydroxylation is 2. The van der Waals surface area contributed by atoms with Crippen LogP contribution >= 0.6 is 0 Å². The molecule has 3 nitrogen and oxygen atoms in total. The zero-order chi connectivity index (χ0) is 10.1. The second-order valence-corrected chi connectivity index (χ2v) is 3.98. The van der Waals surface area contributed by atoms with Gasteiger partial charge in [-0.25, -0.2) is 4.98 Å². The van der Waals surface area contributed by atoms with Crippen LogP contribution in [0.2, 0.25) is 0 Å². The summed E-state index contributed by atoms with van der Waals surface area (Å²) in [7, 11) is 0. The van der Waals surface area contributed by atoms with Gasteiger partial charge in [0.1, 0.15) is 5.82 Å². The number of rotatable bonds is 3. The summed E-state index contributed by atoms with van der Waals surface area (Å²) < 4.78 is 0. The van der Waals surface area contributed by atoms with E-state index in [-0.39, 0.29) is 6.61 Å². The van der Waals surface area contributed by atoms with Crippen LogP contribution in [0.1, 0.15) is 29.7 Å². The van der Waals surface area contributed by atoms with E-state index in [9.17, 15) is 5.11 Å². The maximum absolute atomic E-state index is 9.24. The fourth-order valence-corrected chi connectivity index (χ4v) is 1.60. The third kappa shape index (κ3) is 1.87. The molecule has 1 saturated carbocycles. The Morgan fingerprint density at radius 1 is 1.50 bits per heavy atom. The van der Waals surface area contributed by atoms with Crippen molar-refractivity contribution in [1.29, 1.82) is 0 Å². The molecule has 1 aliphatic carbocycles. The topological polar surface area (TPSA) is 45.1 Å². The van der Waals surface area contributed by atoms with Gasteiger partial charge in [0.2, 0.25) is 0 Å². The lowest BCUT2D eigenvalue weighted by molar-refractivity contribution is 0.281. The van der Waals surface area contributed by atoms with Crippen LogP contribution in [-0.4, -0.2) is 16.1 Å². The predicted octanol–water partition coefficient (Wildman–Crippen LogP) is 1.77. The summed E-state index contributed by atoms with van der Waals surface area (Å²) in [5.74, 6) is 0.868. The Bertz CT molecular complexity index is 345. The van der Waals surface area contributed by atoms with Crippen molar-refractivity contribution >= 4 is 5.82 Å². The maximum Gasteiger partial charge on any atom is 0.132 e. The van der Waals surface area contributed by atoms with E-state index in [4.69, 9.17) is 0 Å². The molecule has 0 unspecified atom stereocenters. The zero-order valence-electron chi connectivity index (χ0n) is 8.67. The Hall–Kier alpha value is -1.09. The van der Waals surface area contributed by atoms with Gasteiger partial charge in [-0.05, 0) is 38.3 Å². The molecule has 1 aromatic heterocycles. The first-order chi connectivity index (χ1) is 6.70. The van der Waals surface area contributed by atoms with E-state index in [0.717, 1.165) is 22.6 Å². The van der Waals surface area contributed by atoms with Gasteiger partial charge in [0.25, 0.3) is 0 Å². The molecule has 3 heteroatoms. The van der Waals surface area contributed by atoms with Crippen LogP contribution in [0.3, 0.4) is 0 Å². The third-order valence-electron chi connectivity index (χ3n) is 2.55. The number of aromatic nitrogens is 1. The normalized spacial score (nSPS) is 15.6. The summed E-state index contributed by atoms with van der Waals surface area (Å²) in [6.07, 6.45) is 2.44. The van der Waals surface area contributed by atoms with Crippen molar-refractivity contribution < 1.29 is 5.11 Å². The fraction of sp³-hybridized carbons (Fsp3) is 0.545. The average Bonchev–Trinajstić information content (AvgIpc) is 2.87. The zero-order valence-corrected chi connectivity index (χ0v) is 8.67. The lowest BCUT2D eigenvalue weighted by Crippen LogP contribution is -2.08. The molecule has 76 valence electrons. The quantitative estimate of drug-likeness (QED) is 0.767. The second-order valence-electron chi connectivity index (χ2n) is 3.98. The highest BCUT2D eigenvalue weighted by Crippen LogP contribution is 2.27. The van der Waals surface area contributed by atoms with Crippen molar-refractivity contribution in [1.82, 2.24) is 4.98 Å². The number of aliphatic hydroxyl groups is 1. The monoisotopic (exact) mass is 192 g/mol. The van der Waals surface area contributed by atoms with Crippen LogP contribution in [0.4, 0.5) is 5.82 Å². The number of anilines is 1. The summed E-state index contributed by atoms with van der Waals surface area (Å²) in [6, 6.07) is 2.58. The Labute approximate surface area is 84.2 Å². The predicted molar refractivity (Wildman–Crippen MR) is 56.3 cm³/mol. The lowest BCUT2D eigenvalue weighted by Gasteiger charge is -2.12. The molecule has 14 heavy (non-hydrogen) atoms. The molecule has 0 amide bonds. The van der Waals surface area contributed by atoms with Crippen molar-refractivity contribution in [3.05, 3.63) is 22.9 Å². The third-order valence-corrected chi connectivity index (χ3v) is 2.55. The van der Waals surface area contributed by atoms with Gasteiger partial charge in [0.05, 0.1) is 6.61 Å². The molecular formula is C11H16N2O. The maximum atomic E-state index is 9.24. The van der Waals surface area contributed by atoms with Crippen molar-refractivity contribution in [2.45, 2.75) is 39.3 Å². The van der Waals surface area contributed by atoms with Crippen LogP contribution < -0.4 is 5.32 Å². The van der Waals surface area contributed by atoms with Gasteiger partial charge in [-0.2, -0.15) is 0 Å². The first-order valence-electron chi connectivity index (χ1n) is 5.05. The number of hydrogen-bond donors (Lipinski definition) is 2. The smallest absolute Gasteiger partial charge is 0.132 e. The molecule has 2 N–H and O–H groups in total.